The molecule has 0 amide bonds. The van der Waals surface area contributed by atoms with Gasteiger partial charge in [0.15, 0.2) is 0 Å². The fourth-order valence-electron chi connectivity index (χ4n) is 2.29. The van der Waals surface area contributed by atoms with Gasteiger partial charge < -0.3 is 10.2 Å². The normalized spacial score (nSPS) is 18.9. The molecule has 1 aromatic carbocycles. The van der Waals surface area contributed by atoms with E-state index in [1.165, 1.54) is 0 Å². The first-order valence-corrected chi connectivity index (χ1v) is 5.88. The smallest absolute Gasteiger partial charge is 0.325 e. The quantitative estimate of drug-likeness (QED) is 0.878. The summed E-state index contributed by atoms with van der Waals surface area (Å²) in [4.78, 5) is 13.3. The number of aliphatic carboxylic acids is 1. The number of aliphatic hydroxyl groups is 1. The third-order valence-corrected chi connectivity index (χ3v) is 3.21. The molecule has 0 aromatic heterocycles. The molecule has 1 unspecified atom stereocenters. The Bertz CT molecular complexity index is 377. The van der Waals surface area contributed by atoms with Crippen molar-refractivity contribution in [1.29, 1.82) is 0 Å². The molecule has 2 N–H and O–H groups in total. The van der Waals surface area contributed by atoms with Gasteiger partial charge in [-0.15, -0.1) is 12.4 Å². The van der Waals surface area contributed by atoms with E-state index in [0.29, 0.717) is 25.9 Å². The van der Waals surface area contributed by atoms with Crippen LogP contribution in [0.25, 0.3) is 0 Å². The molecular weight excluding hydrogens is 254 g/mol. The van der Waals surface area contributed by atoms with E-state index in [1.54, 1.807) is 0 Å². The summed E-state index contributed by atoms with van der Waals surface area (Å²) in [6.07, 6.45) is 1.02. The van der Waals surface area contributed by atoms with Gasteiger partial charge in [0.2, 0.25) is 0 Å². The summed E-state index contributed by atoms with van der Waals surface area (Å²) in [7, 11) is 0. The molecule has 1 heterocycles. The van der Waals surface area contributed by atoms with E-state index in [1.807, 2.05) is 35.2 Å². The highest BCUT2D eigenvalue weighted by atomic mass is 35.5. The van der Waals surface area contributed by atoms with Crippen molar-refractivity contribution in [1.82, 2.24) is 4.90 Å². The van der Waals surface area contributed by atoms with Gasteiger partial charge in [0.05, 0.1) is 6.10 Å². The van der Waals surface area contributed by atoms with E-state index in [9.17, 15) is 15.0 Å². The number of likely N-dealkylation sites (tertiary alicyclic amines) is 1. The Morgan fingerprint density at radius 1 is 1.22 bits per heavy atom. The molecule has 18 heavy (non-hydrogen) atoms. The molecule has 100 valence electrons. The lowest BCUT2D eigenvalue weighted by molar-refractivity contribution is -0.144. The first-order chi connectivity index (χ1) is 8.18. The standard InChI is InChI=1S/C13H17NO3.ClH/c15-11-6-8-14(9-7-11)12(13(16)17)10-4-2-1-3-5-10;/h1-5,11-12,15H,6-9H2,(H,16,17);1H. The van der Waals surface area contributed by atoms with E-state index in [0.717, 1.165) is 5.56 Å². The Morgan fingerprint density at radius 2 is 1.78 bits per heavy atom. The lowest BCUT2D eigenvalue weighted by Crippen LogP contribution is -2.41. The van der Waals surface area contributed by atoms with Crippen LogP contribution >= 0.6 is 12.4 Å². The molecule has 1 aromatic rings. The highest BCUT2D eigenvalue weighted by Gasteiger charge is 2.30. The van der Waals surface area contributed by atoms with Gasteiger partial charge in [-0.3, -0.25) is 9.69 Å². The topological polar surface area (TPSA) is 60.8 Å². The van der Waals surface area contributed by atoms with Crippen molar-refractivity contribution in [3.8, 4) is 0 Å². The van der Waals surface area contributed by atoms with Gasteiger partial charge in [0.1, 0.15) is 6.04 Å². The zero-order chi connectivity index (χ0) is 12.3. The highest BCUT2D eigenvalue weighted by molar-refractivity contribution is 5.85. The second kappa shape index (κ2) is 6.73. The molecule has 1 atom stereocenters. The molecule has 0 saturated carbocycles. The molecule has 0 radical (unpaired) electrons. The Kier molecular flexibility index (Phi) is 5.59. The lowest BCUT2D eigenvalue weighted by atomic mass is 10.0. The maximum atomic E-state index is 11.4. The van der Waals surface area contributed by atoms with Gasteiger partial charge in [-0.05, 0) is 18.4 Å². The van der Waals surface area contributed by atoms with E-state index < -0.39 is 12.0 Å². The first kappa shape index (κ1) is 15.0. The maximum Gasteiger partial charge on any atom is 0.325 e. The average molecular weight is 272 g/mol. The molecule has 1 aliphatic heterocycles. The van der Waals surface area contributed by atoms with Crippen LogP contribution < -0.4 is 0 Å². The number of aliphatic hydroxyl groups excluding tert-OH is 1. The van der Waals surface area contributed by atoms with Crippen LogP contribution in [0.4, 0.5) is 0 Å². The number of carbonyl (C=O) groups is 1. The molecular formula is C13H18ClNO3. The van der Waals surface area contributed by atoms with Crippen molar-refractivity contribution < 1.29 is 15.0 Å². The van der Waals surface area contributed by atoms with E-state index in [-0.39, 0.29) is 18.5 Å². The van der Waals surface area contributed by atoms with Gasteiger partial charge >= 0.3 is 5.97 Å². The largest absolute Gasteiger partial charge is 0.480 e. The predicted molar refractivity (Wildman–Crippen MR) is 70.9 cm³/mol. The van der Waals surface area contributed by atoms with Gasteiger partial charge in [0, 0.05) is 13.1 Å². The van der Waals surface area contributed by atoms with Crippen LogP contribution in [0.2, 0.25) is 0 Å². The Morgan fingerprint density at radius 3 is 2.28 bits per heavy atom. The van der Waals surface area contributed by atoms with Crippen LogP contribution in [-0.4, -0.2) is 40.3 Å². The molecule has 0 bridgehead atoms. The van der Waals surface area contributed by atoms with Gasteiger partial charge in [0.25, 0.3) is 0 Å². The summed E-state index contributed by atoms with van der Waals surface area (Å²) in [5.41, 5.74) is 0.802. The molecule has 0 aliphatic carbocycles. The Labute approximate surface area is 113 Å². The lowest BCUT2D eigenvalue weighted by Gasteiger charge is -2.34. The molecule has 2 rings (SSSR count). The molecule has 0 spiro atoms. The van der Waals surface area contributed by atoms with E-state index in [2.05, 4.69) is 0 Å². The van der Waals surface area contributed by atoms with Gasteiger partial charge in [-0.1, -0.05) is 30.3 Å². The second-order valence-electron chi connectivity index (χ2n) is 4.42. The predicted octanol–water partition coefficient (Wildman–Crippen LogP) is 1.69. The number of hydrogen-bond acceptors (Lipinski definition) is 3. The van der Waals surface area contributed by atoms with Crippen molar-refractivity contribution in [2.45, 2.75) is 25.0 Å². The third kappa shape index (κ3) is 3.45. The maximum absolute atomic E-state index is 11.4. The number of piperidine rings is 1. The molecule has 5 heteroatoms. The van der Waals surface area contributed by atoms with Crippen LogP contribution in [-0.2, 0) is 4.79 Å². The molecule has 1 fully saturated rings. The third-order valence-electron chi connectivity index (χ3n) is 3.21. The van der Waals surface area contributed by atoms with Gasteiger partial charge in [-0.25, -0.2) is 0 Å². The van der Waals surface area contributed by atoms with Crippen molar-refractivity contribution in [3.05, 3.63) is 35.9 Å². The van der Waals surface area contributed by atoms with Crippen molar-refractivity contribution >= 4 is 18.4 Å². The second-order valence-corrected chi connectivity index (χ2v) is 4.42. The highest BCUT2D eigenvalue weighted by Crippen LogP contribution is 2.24. The van der Waals surface area contributed by atoms with Crippen LogP contribution in [0, 0.1) is 0 Å². The SMILES string of the molecule is Cl.O=C(O)C(c1ccccc1)N1CCC(O)CC1. The van der Waals surface area contributed by atoms with E-state index >= 15 is 0 Å². The zero-order valence-electron chi connectivity index (χ0n) is 10.0. The van der Waals surface area contributed by atoms with E-state index in [4.69, 9.17) is 0 Å². The fraction of sp³-hybridized carbons (Fsp3) is 0.462. The van der Waals surface area contributed by atoms with Crippen LogP contribution in [0.3, 0.4) is 0 Å². The summed E-state index contributed by atoms with van der Waals surface area (Å²) in [6, 6.07) is 8.66. The average Bonchev–Trinajstić information content (AvgIpc) is 2.33. The summed E-state index contributed by atoms with van der Waals surface area (Å²) in [6.45, 7) is 1.26. The summed E-state index contributed by atoms with van der Waals surface area (Å²) in [5.74, 6) is -0.826. The summed E-state index contributed by atoms with van der Waals surface area (Å²) >= 11 is 0. The fourth-order valence-corrected chi connectivity index (χ4v) is 2.29. The molecule has 1 saturated heterocycles. The number of hydrogen-bond donors (Lipinski definition) is 2. The van der Waals surface area contributed by atoms with Crippen molar-refractivity contribution in [3.63, 3.8) is 0 Å². The zero-order valence-corrected chi connectivity index (χ0v) is 10.8. The molecule has 4 nitrogen and oxygen atoms in total. The van der Waals surface area contributed by atoms with Crippen molar-refractivity contribution in [2.24, 2.45) is 0 Å². The Hall–Kier alpha value is -1.10. The number of rotatable bonds is 3. The minimum atomic E-state index is -0.826. The summed E-state index contributed by atoms with van der Waals surface area (Å²) in [5, 5.41) is 18.8. The van der Waals surface area contributed by atoms with Crippen LogP contribution in [0.15, 0.2) is 30.3 Å². The number of nitrogens with zero attached hydrogens (tertiary/aromatic N) is 1. The first-order valence-electron chi connectivity index (χ1n) is 5.88. The Balaban J connectivity index is 0.00000162. The van der Waals surface area contributed by atoms with Crippen LogP contribution in [0.5, 0.6) is 0 Å². The minimum Gasteiger partial charge on any atom is -0.480 e. The summed E-state index contributed by atoms with van der Waals surface area (Å²) < 4.78 is 0. The number of halogens is 1. The minimum absolute atomic E-state index is 0. The monoisotopic (exact) mass is 271 g/mol. The van der Waals surface area contributed by atoms with Crippen molar-refractivity contribution in [2.75, 3.05) is 13.1 Å². The van der Waals surface area contributed by atoms with Crippen LogP contribution in [0.1, 0.15) is 24.4 Å². The van der Waals surface area contributed by atoms with Gasteiger partial charge in [-0.2, -0.15) is 0 Å². The number of carboxylic acids is 1. The number of carboxylic acid groups (broad SMARTS) is 1. The molecule has 1 aliphatic rings. The number of benzene rings is 1.